The summed E-state index contributed by atoms with van der Waals surface area (Å²) in [5.74, 6) is 0.638. The van der Waals surface area contributed by atoms with Crippen LogP contribution >= 0.6 is 0 Å². The fourth-order valence-electron chi connectivity index (χ4n) is 3.25. The van der Waals surface area contributed by atoms with Crippen LogP contribution in [0.3, 0.4) is 0 Å². The summed E-state index contributed by atoms with van der Waals surface area (Å²) in [5, 5.41) is 5.36. The van der Waals surface area contributed by atoms with Gasteiger partial charge in [0, 0.05) is 36.5 Å². The van der Waals surface area contributed by atoms with Crippen LogP contribution in [0.15, 0.2) is 29.3 Å². The first-order valence-corrected chi connectivity index (χ1v) is 8.18. The van der Waals surface area contributed by atoms with Gasteiger partial charge in [0.05, 0.1) is 23.6 Å². The Labute approximate surface area is 143 Å². The molecule has 0 aliphatic heterocycles. The van der Waals surface area contributed by atoms with E-state index in [4.69, 9.17) is 4.74 Å². The molecule has 7 nitrogen and oxygen atoms in total. The number of aromatic nitrogens is 5. The predicted molar refractivity (Wildman–Crippen MR) is 96.2 cm³/mol. The number of H-pyrrole nitrogens is 1. The first-order chi connectivity index (χ1) is 12.0. The average molecular weight is 337 g/mol. The fraction of sp³-hybridized carbons (Fsp3) is 0.278. The van der Waals surface area contributed by atoms with Gasteiger partial charge in [-0.15, -0.1) is 0 Å². The maximum Gasteiger partial charge on any atom is 0.274 e. The van der Waals surface area contributed by atoms with Crippen molar-refractivity contribution in [1.29, 1.82) is 0 Å². The van der Waals surface area contributed by atoms with E-state index in [0.29, 0.717) is 18.0 Å². The summed E-state index contributed by atoms with van der Waals surface area (Å²) in [6, 6.07) is 3.83. The molecule has 7 heteroatoms. The molecule has 4 heterocycles. The molecule has 4 aromatic rings. The Morgan fingerprint density at radius 1 is 1.32 bits per heavy atom. The van der Waals surface area contributed by atoms with Crippen molar-refractivity contribution in [3.8, 4) is 17.0 Å². The van der Waals surface area contributed by atoms with Gasteiger partial charge in [-0.1, -0.05) is 0 Å². The number of aryl methyl sites for hydroxylation is 3. The number of hydrogen-bond acceptors (Lipinski definition) is 4. The van der Waals surface area contributed by atoms with E-state index in [-0.39, 0.29) is 5.56 Å². The molecule has 0 saturated carbocycles. The van der Waals surface area contributed by atoms with E-state index in [1.807, 2.05) is 39.1 Å². The van der Waals surface area contributed by atoms with Crippen molar-refractivity contribution in [3.63, 3.8) is 0 Å². The molecular formula is C18H19N5O2. The van der Waals surface area contributed by atoms with Gasteiger partial charge >= 0.3 is 0 Å². The van der Waals surface area contributed by atoms with Crippen LogP contribution in [-0.2, 0) is 7.05 Å². The molecule has 0 atom stereocenters. The molecule has 128 valence electrons. The van der Waals surface area contributed by atoms with Gasteiger partial charge in [-0.3, -0.25) is 4.79 Å². The molecule has 25 heavy (non-hydrogen) atoms. The number of fused-ring (bicyclic) bond motifs is 2. The monoisotopic (exact) mass is 337 g/mol. The molecule has 0 radical (unpaired) electrons. The van der Waals surface area contributed by atoms with Crippen LogP contribution < -0.4 is 10.3 Å². The number of rotatable bonds is 3. The van der Waals surface area contributed by atoms with Crippen molar-refractivity contribution in [3.05, 3.63) is 46.3 Å². The largest absolute Gasteiger partial charge is 0.477 e. The van der Waals surface area contributed by atoms with Crippen LogP contribution in [0.2, 0.25) is 0 Å². The van der Waals surface area contributed by atoms with E-state index >= 15 is 0 Å². The number of hydrogen-bond donors (Lipinski definition) is 1. The van der Waals surface area contributed by atoms with Crippen LogP contribution in [0.5, 0.6) is 5.88 Å². The molecule has 0 unspecified atom stereocenters. The molecule has 0 saturated heterocycles. The Hall–Kier alpha value is -3.09. The Morgan fingerprint density at radius 2 is 2.12 bits per heavy atom. The summed E-state index contributed by atoms with van der Waals surface area (Å²) in [7, 11) is 1.74. The van der Waals surface area contributed by atoms with Gasteiger partial charge in [-0.25, -0.2) is 4.98 Å². The summed E-state index contributed by atoms with van der Waals surface area (Å²) in [6.07, 6.45) is 3.60. The van der Waals surface area contributed by atoms with E-state index in [0.717, 1.165) is 33.5 Å². The second kappa shape index (κ2) is 5.47. The molecule has 1 N–H and O–H groups in total. The lowest BCUT2D eigenvalue weighted by Gasteiger charge is -2.15. The number of pyridine rings is 1. The van der Waals surface area contributed by atoms with Crippen molar-refractivity contribution in [1.82, 2.24) is 24.1 Å². The third-order valence-corrected chi connectivity index (χ3v) is 4.31. The fourth-order valence-corrected chi connectivity index (χ4v) is 3.25. The number of aromatic amines is 1. The molecule has 0 spiro atoms. The molecule has 4 aromatic heterocycles. The molecule has 0 amide bonds. The number of nitrogens with one attached hydrogen (secondary N) is 1. The van der Waals surface area contributed by atoms with E-state index in [2.05, 4.69) is 15.1 Å². The predicted octanol–water partition coefficient (Wildman–Crippen LogP) is 2.59. The summed E-state index contributed by atoms with van der Waals surface area (Å²) < 4.78 is 9.26. The molecule has 0 aliphatic carbocycles. The Kier molecular flexibility index (Phi) is 3.38. The van der Waals surface area contributed by atoms with Crippen molar-refractivity contribution >= 4 is 16.6 Å². The Balaban J connectivity index is 2.16. The van der Waals surface area contributed by atoms with E-state index < -0.39 is 0 Å². The summed E-state index contributed by atoms with van der Waals surface area (Å²) in [5.41, 5.74) is 4.69. The minimum Gasteiger partial charge on any atom is -0.477 e. The zero-order valence-electron chi connectivity index (χ0n) is 14.6. The van der Waals surface area contributed by atoms with E-state index in [1.54, 1.807) is 22.3 Å². The highest BCUT2D eigenvalue weighted by atomic mass is 16.5. The van der Waals surface area contributed by atoms with Gasteiger partial charge in [0.15, 0.2) is 5.65 Å². The molecule has 0 aromatic carbocycles. The van der Waals surface area contributed by atoms with Gasteiger partial charge in [0.25, 0.3) is 5.56 Å². The van der Waals surface area contributed by atoms with Crippen LogP contribution in [0, 0.1) is 13.8 Å². The highest BCUT2D eigenvalue weighted by Crippen LogP contribution is 2.36. The standard InChI is InChI=1S/C18H19N5O2/c1-5-25-18-15(11(3)20-14-8-10(2)21-23(14)18)13-9-22(4)17(24)16-12(13)6-7-19-16/h6-9,19H,5H2,1-4H3. The van der Waals surface area contributed by atoms with Gasteiger partial charge in [-0.2, -0.15) is 9.61 Å². The molecule has 4 rings (SSSR count). The lowest BCUT2D eigenvalue weighted by atomic mass is 10.0. The lowest BCUT2D eigenvalue weighted by Crippen LogP contribution is -2.17. The first-order valence-electron chi connectivity index (χ1n) is 8.18. The second-order valence-corrected chi connectivity index (χ2v) is 6.09. The second-order valence-electron chi connectivity index (χ2n) is 6.09. The topological polar surface area (TPSA) is 77.2 Å². The van der Waals surface area contributed by atoms with Gasteiger partial charge in [-0.05, 0) is 26.8 Å². The third-order valence-electron chi connectivity index (χ3n) is 4.31. The minimum atomic E-state index is -0.0664. The zero-order chi connectivity index (χ0) is 17.7. The summed E-state index contributed by atoms with van der Waals surface area (Å²) in [4.78, 5) is 20.1. The van der Waals surface area contributed by atoms with E-state index in [9.17, 15) is 4.79 Å². The average Bonchev–Trinajstić information content (AvgIpc) is 3.18. The van der Waals surface area contributed by atoms with Crippen LogP contribution in [0.1, 0.15) is 18.3 Å². The maximum atomic E-state index is 12.4. The smallest absolute Gasteiger partial charge is 0.274 e. The van der Waals surface area contributed by atoms with Gasteiger partial charge in [0.1, 0.15) is 5.52 Å². The number of ether oxygens (including phenoxy) is 1. The minimum absolute atomic E-state index is 0.0664. The highest BCUT2D eigenvalue weighted by molar-refractivity contribution is 5.96. The maximum absolute atomic E-state index is 12.4. The quantitative estimate of drug-likeness (QED) is 0.623. The Morgan fingerprint density at radius 3 is 2.88 bits per heavy atom. The number of nitrogens with zero attached hydrogens (tertiary/aromatic N) is 4. The van der Waals surface area contributed by atoms with Crippen molar-refractivity contribution in [2.75, 3.05) is 6.61 Å². The van der Waals surface area contributed by atoms with Gasteiger partial charge < -0.3 is 14.3 Å². The van der Waals surface area contributed by atoms with E-state index in [1.165, 1.54) is 0 Å². The van der Waals surface area contributed by atoms with Crippen molar-refractivity contribution < 1.29 is 4.74 Å². The van der Waals surface area contributed by atoms with Crippen molar-refractivity contribution in [2.45, 2.75) is 20.8 Å². The van der Waals surface area contributed by atoms with Crippen molar-refractivity contribution in [2.24, 2.45) is 7.05 Å². The van der Waals surface area contributed by atoms with Crippen LogP contribution in [0.4, 0.5) is 0 Å². The van der Waals surface area contributed by atoms with Crippen LogP contribution in [0.25, 0.3) is 27.7 Å². The normalized spacial score (nSPS) is 11.5. The molecule has 0 bridgehead atoms. The lowest BCUT2D eigenvalue weighted by molar-refractivity contribution is 0.318. The molecule has 0 fully saturated rings. The summed E-state index contributed by atoms with van der Waals surface area (Å²) in [6.45, 7) is 6.32. The third kappa shape index (κ3) is 2.23. The SMILES string of the molecule is CCOc1c(-c2cn(C)c(=O)c3[nH]ccc23)c(C)nc2cc(C)nn12. The Bertz CT molecular complexity index is 1170. The molecule has 0 aliphatic rings. The first kappa shape index (κ1) is 15.4. The highest BCUT2D eigenvalue weighted by Gasteiger charge is 2.21. The van der Waals surface area contributed by atoms with Gasteiger partial charge in [0.2, 0.25) is 5.88 Å². The molecular weight excluding hydrogens is 318 g/mol. The zero-order valence-corrected chi connectivity index (χ0v) is 14.6. The van der Waals surface area contributed by atoms with Crippen LogP contribution in [-0.4, -0.2) is 30.8 Å². The summed E-state index contributed by atoms with van der Waals surface area (Å²) >= 11 is 0.